The summed E-state index contributed by atoms with van der Waals surface area (Å²) in [5, 5.41) is 4.25. The molecule has 2 nitrogen and oxygen atoms in total. The number of hydrogen-bond acceptors (Lipinski definition) is 1. The summed E-state index contributed by atoms with van der Waals surface area (Å²) in [5.41, 5.74) is 0. The molecule has 0 saturated carbocycles. The molecule has 0 radical (unpaired) electrons. The van der Waals surface area contributed by atoms with Crippen molar-refractivity contribution < 1.29 is 35.9 Å². The molecule has 1 fully saturated rings. The normalized spacial score (nSPS) is 33.0. The van der Waals surface area contributed by atoms with Gasteiger partial charge in [0.25, 0.3) is 0 Å². The van der Waals surface area contributed by atoms with E-state index in [1.807, 2.05) is 0 Å². The Bertz CT molecular complexity index is 89.7. The minimum atomic E-state index is 0. The van der Waals surface area contributed by atoms with Gasteiger partial charge in [-0.1, -0.05) is 13.3 Å². The van der Waals surface area contributed by atoms with Gasteiger partial charge in [-0.3, -0.25) is 0 Å². The first-order valence-electron chi connectivity index (χ1n) is 3.50. The van der Waals surface area contributed by atoms with E-state index in [1.165, 1.54) is 6.42 Å². The number of nitrogens with zero attached hydrogens (tertiary/aromatic N) is 1. The summed E-state index contributed by atoms with van der Waals surface area (Å²) >= 11 is 0. The van der Waals surface area contributed by atoms with Crippen LogP contribution in [0.25, 0.3) is 5.32 Å². The molecule has 0 bridgehead atoms. The van der Waals surface area contributed by atoms with Crippen molar-refractivity contribution in [3.8, 4) is 0 Å². The predicted octanol–water partition coefficient (Wildman–Crippen LogP) is 1.41. The molecule has 2 unspecified atom stereocenters. The van der Waals surface area contributed by atoms with Crippen molar-refractivity contribution in [3.05, 3.63) is 5.32 Å². The van der Waals surface area contributed by atoms with E-state index in [0.717, 1.165) is 13.1 Å². The zero-order chi connectivity index (χ0) is 6.69. The second kappa shape index (κ2) is 5.60. The molecule has 2 atom stereocenters. The molecule has 0 aliphatic carbocycles. The Balaban J connectivity index is 0.000000810. The summed E-state index contributed by atoms with van der Waals surface area (Å²) in [6, 6.07) is 0. The third kappa shape index (κ3) is 2.92. The topological polar surface area (TPSA) is 23.3 Å². The maximum absolute atomic E-state index is 5.21. The average Bonchev–Trinajstić information content (AvgIpc) is 1.89. The van der Waals surface area contributed by atoms with Crippen LogP contribution in [0, 0.1) is 37.0 Å². The maximum Gasteiger partial charge on any atom is 0.0409 e. The van der Waals surface area contributed by atoms with Gasteiger partial charge >= 0.3 is 0 Å². The van der Waals surface area contributed by atoms with Crippen LogP contribution in [-0.4, -0.2) is 26.3 Å². The summed E-state index contributed by atoms with van der Waals surface area (Å²) in [5.74, 6) is 0.701. The fourth-order valence-corrected chi connectivity index (χ4v) is 1.19. The quantitative estimate of drug-likeness (QED) is 0.689. The van der Waals surface area contributed by atoms with Crippen LogP contribution >= 0.6 is 0 Å². The van der Waals surface area contributed by atoms with Gasteiger partial charge in [-0.15, -0.1) is 13.1 Å². The molecule has 0 amide bonds. The average molecular weight is 366 g/mol. The van der Waals surface area contributed by atoms with Gasteiger partial charge < -0.3 is 10.1 Å². The van der Waals surface area contributed by atoms with Gasteiger partial charge in [0.05, 0.1) is 0 Å². The van der Waals surface area contributed by atoms with E-state index in [1.54, 1.807) is 7.11 Å². The van der Waals surface area contributed by atoms with Gasteiger partial charge in [0.15, 0.2) is 0 Å². The predicted molar refractivity (Wildman–Crippen MR) is 37.7 cm³/mol. The van der Waals surface area contributed by atoms with Crippen molar-refractivity contribution in [1.82, 2.24) is 0 Å². The van der Waals surface area contributed by atoms with E-state index in [4.69, 9.17) is 4.74 Å². The summed E-state index contributed by atoms with van der Waals surface area (Å²) in [6.45, 7) is 4.15. The Kier molecular flexibility index (Phi) is 6.14. The van der Waals surface area contributed by atoms with Crippen molar-refractivity contribution in [2.75, 3.05) is 20.2 Å². The van der Waals surface area contributed by atoms with Crippen molar-refractivity contribution in [2.24, 2.45) is 5.92 Å². The monoisotopic (exact) mass is 366 g/mol. The molecule has 1 aliphatic heterocycles. The molecule has 1 heterocycles. The largest absolute Gasteiger partial charge is 0.660 e. The van der Waals surface area contributed by atoms with Crippen LogP contribution in [0.5, 0.6) is 0 Å². The van der Waals surface area contributed by atoms with Crippen LogP contribution < -0.4 is 0 Å². The third-order valence-electron chi connectivity index (χ3n) is 1.99. The summed E-state index contributed by atoms with van der Waals surface area (Å²) in [6.07, 6.45) is 1.58. The van der Waals surface area contributed by atoms with Crippen molar-refractivity contribution in [2.45, 2.75) is 19.4 Å². The molecule has 10 heavy (non-hydrogen) atoms. The second-order valence-corrected chi connectivity index (χ2v) is 2.67. The van der Waals surface area contributed by atoms with E-state index < -0.39 is 0 Å². The van der Waals surface area contributed by atoms with Crippen LogP contribution in [0.15, 0.2) is 0 Å². The van der Waals surface area contributed by atoms with E-state index in [-0.39, 0.29) is 31.1 Å². The molecule has 3 heteroatoms. The molecule has 1 rings (SSSR count). The zero-order valence-electron chi connectivity index (χ0n) is 6.63. The number of methoxy groups -OCH3 is 1. The van der Waals surface area contributed by atoms with E-state index in [2.05, 4.69) is 12.2 Å². The summed E-state index contributed by atoms with van der Waals surface area (Å²) in [7, 11) is 1.77. The summed E-state index contributed by atoms with van der Waals surface area (Å²) < 4.78 is 5.21. The van der Waals surface area contributed by atoms with Crippen molar-refractivity contribution >= 4 is 0 Å². The number of rotatable bonds is 1. The Labute approximate surface area is 86.5 Å². The number of hydrogen-bond donors (Lipinski definition) is 0. The second-order valence-electron chi connectivity index (χ2n) is 2.67. The van der Waals surface area contributed by atoms with Gasteiger partial charge in [-0.2, -0.15) is 0 Å². The molecule has 58 valence electrons. The van der Waals surface area contributed by atoms with Gasteiger partial charge in [0, 0.05) is 44.3 Å². The van der Waals surface area contributed by atoms with E-state index in [0.29, 0.717) is 12.0 Å². The molecular weight excluding hydrogens is 352 g/mol. The van der Waals surface area contributed by atoms with Crippen LogP contribution in [0.3, 0.4) is 0 Å². The minimum absolute atomic E-state index is 0. The molecule has 0 aromatic heterocycles. The molecule has 0 aromatic rings. The smallest absolute Gasteiger partial charge is 0.0409 e. The molecule has 1 aliphatic rings. The van der Waals surface area contributed by atoms with E-state index in [9.17, 15) is 0 Å². The van der Waals surface area contributed by atoms with Gasteiger partial charge in [-0.05, 0) is 5.92 Å². The molecule has 0 aromatic carbocycles. The van der Waals surface area contributed by atoms with Gasteiger partial charge in [0.2, 0.25) is 0 Å². The number of ether oxygens (including phenoxy) is 1. The van der Waals surface area contributed by atoms with Crippen LogP contribution in [0.1, 0.15) is 13.3 Å². The molecule has 0 spiro atoms. The zero-order valence-corrected chi connectivity index (χ0v) is 10.8. The fourth-order valence-electron chi connectivity index (χ4n) is 1.19. The molecule has 0 N–H and O–H groups in total. The van der Waals surface area contributed by atoms with Crippen LogP contribution in [0.2, 0.25) is 0 Å². The Morgan fingerprint density at radius 2 is 2.20 bits per heavy atom. The van der Waals surface area contributed by atoms with Gasteiger partial charge in [-0.25, -0.2) is 0 Å². The third-order valence-corrected chi connectivity index (χ3v) is 1.99. The van der Waals surface area contributed by atoms with Crippen molar-refractivity contribution in [1.29, 1.82) is 0 Å². The minimum Gasteiger partial charge on any atom is -0.660 e. The molecular formula is C7H14NOU-. The summed E-state index contributed by atoms with van der Waals surface area (Å²) in [4.78, 5) is 0. The molecule has 1 saturated heterocycles. The first-order valence-corrected chi connectivity index (χ1v) is 3.50. The maximum atomic E-state index is 5.21. The fraction of sp³-hybridized carbons (Fsp3) is 1.00. The van der Waals surface area contributed by atoms with Crippen molar-refractivity contribution in [3.63, 3.8) is 0 Å². The first-order chi connectivity index (χ1) is 4.34. The Morgan fingerprint density at radius 1 is 1.50 bits per heavy atom. The first kappa shape index (κ1) is 11.0. The van der Waals surface area contributed by atoms with Crippen LogP contribution in [-0.2, 0) is 4.74 Å². The Morgan fingerprint density at radius 3 is 2.60 bits per heavy atom. The standard InChI is InChI=1S/C7H14NO.U/c1-6-3-4-8-5-7(6)9-2;/h6-7H,3-5H2,1-2H3;/q-1;. The van der Waals surface area contributed by atoms with Crippen LogP contribution in [0.4, 0.5) is 0 Å². The Hall–Kier alpha value is 0.972. The van der Waals surface area contributed by atoms with E-state index >= 15 is 0 Å². The van der Waals surface area contributed by atoms with Gasteiger partial charge in [0.1, 0.15) is 0 Å². The SMILES string of the molecule is COC1C[N-]CCC1C.[U]. The number of piperidine rings is 1.